The van der Waals surface area contributed by atoms with E-state index in [4.69, 9.17) is 20.9 Å². The number of aryl methyl sites for hydroxylation is 1. The van der Waals surface area contributed by atoms with Crippen molar-refractivity contribution in [1.82, 2.24) is 10.3 Å². The summed E-state index contributed by atoms with van der Waals surface area (Å²) in [6, 6.07) is 10.2. The molecule has 2 N–H and O–H groups in total. The molecule has 136 valence electrons. The second kappa shape index (κ2) is 9.15. The number of nitrogens with zero attached hydrogens (tertiary/aromatic N) is 1. The summed E-state index contributed by atoms with van der Waals surface area (Å²) in [6.07, 6.45) is 3.97. The number of hydrogen-bond donors (Lipinski definition) is 2. The lowest BCUT2D eigenvalue weighted by molar-refractivity contribution is 0.252. The summed E-state index contributed by atoms with van der Waals surface area (Å²) in [4.78, 5) is 3.87. The van der Waals surface area contributed by atoms with Crippen molar-refractivity contribution in [2.24, 2.45) is 0 Å². The molecule has 0 bridgehead atoms. The van der Waals surface area contributed by atoms with Gasteiger partial charge in [-0.3, -0.25) is 4.55 Å². The summed E-state index contributed by atoms with van der Waals surface area (Å²) in [5.74, 6) is 0.786. The first-order chi connectivity index (χ1) is 11.8. The summed E-state index contributed by atoms with van der Waals surface area (Å²) in [5.41, 5.74) is 0.956. The van der Waals surface area contributed by atoms with Gasteiger partial charge in [0, 0.05) is 6.04 Å². The fraction of sp³-hybridized carbons (Fsp3) is 0.353. The fourth-order valence-electron chi connectivity index (χ4n) is 2.07. The molecule has 0 unspecified atom stereocenters. The number of aromatic nitrogens is 1. The van der Waals surface area contributed by atoms with Gasteiger partial charge in [-0.05, 0) is 50.6 Å². The topological polar surface area (TPSA) is 88.5 Å². The molecule has 6 nitrogen and oxygen atoms in total. The van der Waals surface area contributed by atoms with Gasteiger partial charge < -0.3 is 10.1 Å². The third-order valence-corrected chi connectivity index (χ3v) is 4.77. The maximum Gasteiger partial charge on any atom is 0.294 e. The Morgan fingerprint density at radius 1 is 1.28 bits per heavy atom. The van der Waals surface area contributed by atoms with Crippen LogP contribution in [0.2, 0.25) is 5.15 Å². The molecular formula is C17H21ClN2O4S. The Hall–Kier alpha value is -1.67. The first-order valence-corrected chi connectivity index (χ1v) is 9.68. The standard InChI is InChI=1S/C10H13ClN2O.C7H8O3S/c11-10-2-1-9(7-13-10)14-6-4-8-3-5-12-8;1-6-2-4-7(5-3-6)11(8,9)10/h1-2,7-8,12H,3-6H2;2-5H,1H3,(H,8,9,10)/t8-;/m0./s1. The number of pyridine rings is 1. The monoisotopic (exact) mass is 384 g/mol. The van der Waals surface area contributed by atoms with Crippen LogP contribution in [-0.2, 0) is 10.1 Å². The molecule has 1 aliphatic heterocycles. The summed E-state index contributed by atoms with van der Waals surface area (Å²) in [7, 11) is -4.02. The SMILES string of the molecule is Cc1ccc(S(=O)(=O)O)cc1.Clc1ccc(OCC[C@@H]2CCN2)cn1. The van der Waals surface area contributed by atoms with Crippen molar-refractivity contribution < 1.29 is 17.7 Å². The van der Waals surface area contributed by atoms with Crippen LogP contribution < -0.4 is 10.1 Å². The lowest BCUT2D eigenvalue weighted by Gasteiger charge is -2.27. The smallest absolute Gasteiger partial charge is 0.294 e. The highest BCUT2D eigenvalue weighted by atomic mass is 35.5. The van der Waals surface area contributed by atoms with Gasteiger partial charge in [0.05, 0.1) is 17.7 Å². The van der Waals surface area contributed by atoms with Crippen LogP contribution in [0.3, 0.4) is 0 Å². The van der Waals surface area contributed by atoms with Gasteiger partial charge in [0.15, 0.2) is 0 Å². The normalized spacial score (nSPS) is 16.4. The molecule has 25 heavy (non-hydrogen) atoms. The van der Waals surface area contributed by atoms with Crippen LogP contribution in [-0.4, -0.2) is 37.1 Å². The van der Waals surface area contributed by atoms with E-state index in [0.717, 1.165) is 30.9 Å². The van der Waals surface area contributed by atoms with E-state index in [2.05, 4.69) is 10.3 Å². The molecule has 1 aliphatic rings. The van der Waals surface area contributed by atoms with Gasteiger partial charge in [-0.1, -0.05) is 29.3 Å². The lowest BCUT2D eigenvalue weighted by atomic mass is 10.0. The molecule has 8 heteroatoms. The molecule has 0 radical (unpaired) electrons. The van der Waals surface area contributed by atoms with E-state index >= 15 is 0 Å². The lowest BCUT2D eigenvalue weighted by Crippen LogP contribution is -2.43. The van der Waals surface area contributed by atoms with Crippen molar-refractivity contribution in [1.29, 1.82) is 0 Å². The molecule has 1 fully saturated rings. The Morgan fingerprint density at radius 2 is 1.96 bits per heavy atom. The molecule has 3 rings (SSSR count). The van der Waals surface area contributed by atoms with Gasteiger partial charge in [-0.15, -0.1) is 0 Å². The average molecular weight is 385 g/mol. The van der Waals surface area contributed by atoms with Crippen LogP contribution in [0.5, 0.6) is 5.75 Å². The highest BCUT2D eigenvalue weighted by Crippen LogP contribution is 2.13. The number of ether oxygens (including phenoxy) is 1. The molecule has 1 saturated heterocycles. The Bertz CT molecular complexity index is 760. The minimum Gasteiger partial charge on any atom is -0.492 e. The minimum absolute atomic E-state index is 0.0666. The van der Waals surface area contributed by atoms with Crippen molar-refractivity contribution in [3.63, 3.8) is 0 Å². The largest absolute Gasteiger partial charge is 0.492 e. The van der Waals surface area contributed by atoms with Gasteiger partial charge in [0.1, 0.15) is 10.9 Å². The Kier molecular flexibility index (Phi) is 7.19. The number of rotatable bonds is 5. The maximum absolute atomic E-state index is 10.5. The molecular weight excluding hydrogens is 364 g/mol. The average Bonchev–Trinajstić information content (AvgIpc) is 2.52. The summed E-state index contributed by atoms with van der Waals surface area (Å²) >= 11 is 5.65. The molecule has 0 aliphatic carbocycles. The Morgan fingerprint density at radius 3 is 2.44 bits per heavy atom. The van der Waals surface area contributed by atoms with Crippen LogP contribution in [0, 0.1) is 6.92 Å². The van der Waals surface area contributed by atoms with Crippen LogP contribution >= 0.6 is 11.6 Å². The number of halogens is 1. The van der Waals surface area contributed by atoms with Crippen LogP contribution in [0.4, 0.5) is 0 Å². The summed E-state index contributed by atoms with van der Waals surface area (Å²) in [6.45, 7) is 3.72. The molecule has 0 amide bonds. The van der Waals surface area contributed by atoms with Gasteiger partial charge in [0.25, 0.3) is 10.1 Å². The van der Waals surface area contributed by atoms with Crippen LogP contribution in [0.25, 0.3) is 0 Å². The first kappa shape index (κ1) is 19.7. The number of nitrogens with one attached hydrogen (secondary N) is 1. The van der Waals surface area contributed by atoms with Crippen molar-refractivity contribution >= 4 is 21.7 Å². The predicted octanol–water partition coefficient (Wildman–Crippen LogP) is 3.11. The van der Waals surface area contributed by atoms with E-state index in [9.17, 15) is 8.42 Å². The number of benzene rings is 1. The molecule has 1 aromatic heterocycles. The second-order valence-electron chi connectivity index (χ2n) is 5.68. The summed E-state index contributed by atoms with van der Waals surface area (Å²) in [5, 5.41) is 3.82. The van der Waals surface area contributed by atoms with Crippen molar-refractivity contribution in [2.45, 2.75) is 30.7 Å². The highest BCUT2D eigenvalue weighted by molar-refractivity contribution is 7.85. The highest BCUT2D eigenvalue weighted by Gasteiger charge is 2.15. The molecule has 0 spiro atoms. The second-order valence-corrected chi connectivity index (χ2v) is 7.49. The Balaban J connectivity index is 0.000000186. The van der Waals surface area contributed by atoms with E-state index in [1.54, 1.807) is 24.4 Å². The molecule has 1 atom stereocenters. The first-order valence-electron chi connectivity index (χ1n) is 7.86. The van der Waals surface area contributed by atoms with Crippen molar-refractivity contribution in [3.05, 3.63) is 53.3 Å². The molecule has 1 aromatic carbocycles. The Labute approximate surface area is 152 Å². The van der Waals surface area contributed by atoms with Crippen LogP contribution in [0.15, 0.2) is 47.5 Å². The molecule has 2 heterocycles. The van der Waals surface area contributed by atoms with Gasteiger partial charge >= 0.3 is 0 Å². The minimum atomic E-state index is -4.02. The zero-order valence-corrected chi connectivity index (χ0v) is 15.4. The van der Waals surface area contributed by atoms with E-state index in [0.29, 0.717) is 11.2 Å². The zero-order valence-electron chi connectivity index (χ0n) is 13.9. The van der Waals surface area contributed by atoms with Gasteiger partial charge in [-0.25, -0.2) is 4.98 Å². The van der Waals surface area contributed by atoms with E-state index < -0.39 is 10.1 Å². The van der Waals surface area contributed by atoms with Crippen molar-refractivity contribution in [2.75, 3.05) is 13.2 Å². The van der Waals surface area contributed by atoms with E-state index in [1.165, 1.54) is 18.6 Å². The van der Waals surface area contributed by atoms with Crippen molar-refractivity contribution in [3.8, 4) is 5.75 Å². The van der Waals surface area contributed by atoms with Gasteiger partial charge in [0.2, 0.25) is 0 Å². The molecule has 0 saturated carbocycles. The quantitative estimate of drug-likeness (QED) is 0.608. The molecule has 2 aromatic rings. The van der Waals surface area contributed by atoms with Crippen LogP contribution in [0.1, 0.15) is 18.4 Å². The summed E-state index contributed by atoms with van der Waals surface area (Å²) < 4.78 is 35.1. The van der Waals surface area contributed by atoms with E-state index in [-0.39, 0.29) is 4.90 Å². The number of hydrogen-bond acceptors (Lipinski definition) is 5. The third kappa shape index (κ3) is 6.99. The third-order valence-electron chi connectivity index (χ3n) is 3.68. The predicted molar refractivity (Wildman–Crippen MR) is 96.8 cm³/mol. The van der Waals surface area contributed by atoms with Gasteiger partial charge in [-0.2, -0.15) is 8.42 Å². The van der Waals surface area contributed by atoms with E-state index in [1.807, 2.05) is 13.0 Å². The fourth-order valence-corrected chi connectivity index (χ4v) is 2.66. The zero-order chi connectivity index (χ0) is 18.3. The maximum atomic E-state index is 10.5.